The Morgan fingerprint density at radius 1 is 1.06 bits per heavy atom. The highest BCUT2D eigenvalue weighted by Gasteiger charge is 2.33. The molecule has 0 radical (unpaired) electrons. The molecule has 9 heteroatoms. The molecule has 2 N–H and O–H groups in total. The van der Waals surface area contributed by atoms with E-state index in [4.69, 9.17) is 11.6 Å². The number of sulfonamides is 1. The maximum absolute atomic E-state index is 13.1. The van der Waals surface area contributed by atoms with Crippen molar-refractivity contribution >= 4 is 39.1 Å². The Labute approximate surface area is 194 Å². The van der Waals surface area contributed by atoms with Crippen LogP contribution in [0.2, 0.25) is 5.02 Å². The van der Waals surface area contributed by atoms with Gasteiger partial charge in [0, 0.05) is 29.8 Å². The van der Waals surface area contributed by atoms with Crippen LogP contribution in [0.25, 0.3) is 0 Å². The van der Waals surface area contributed by atoms with Crippen molar-refractivity contribution in [2.45, 2.75) is 50.5 Å². The highest BCUT2D eigenvalue weighted by molar-refractivity contribution is 7.89. The minimum absolute atomic E-state index is 0.200. The number of nitrogens with zero attached hydrogens (tertiary/aromatic N) is 1. The zero-order chi connectivity index (χ0) is 23.3. The molecule has 0 aromatic heterocycles. The zero-order valence-corrected chi connectivity index (χ0v) is 19.8. The number of hydrogen-bond acceptors (Lipinski definition) is 4. The highest BCUT2D eigenvalue weighted by atomic mass is 35.5. The monoisotopic (exact) mass is 477 g/mol. The molecule has 2 amide bonds. The molecule has 2 aromatic carbocycles. The van der Waals surface area contributed by atoms with Crippen LogP contribution in [0, 0.1) is 13.8 Å². The number of aryl methyl sites for hydroxylation is 2. The highest BCUT2D eigenvalue weighted by Crippen LogP contribution is 2.27. The molecule has 1 aliphatic heterocycles. The summed E-state index contributed by atoms with van der Waals surface area (Å²) in [6, 6.07) is 11.4. The molecule has 1 aliphatic rings. The van der Waals surface area contributed by atoms with Crippen LogP contribution in [-0.2, 0) is 19.6 Å². The first kappa shape index (κ1) is 24.2. The second-order valence-corrected chi connectivity index (χ2v) is 10.4. The Kier molecular flexibility index (Phi) is 7.92. The molecular weight excluding hydrogens is 450 g/mol. The standard InChI is InChI=1S/C23H28ClN3O4S/c1-16-6-11-21(17(2)15-16)26-23(29)22(28)25-13-12-19-5-3-4-14-27(19)32(30,31)20-9-7-18(24)8-10-20/h6-11,15,19H,3-5,12-14H2,1-2H3,(H,25,28)(H,26,29)/t19-/m1/s1. The summed E-state index contributed by atoms with van der Waals surface area (Å²) in [6.45, 7) is 4.44. The normalized spacial score (nSPS) is 17.0. The number of anilines is 1. The molecule has 3 rings (SSSR count). The van der Waals surface area contributed by atoms with Crippen LogP contribution in [0.4, 0.5) is 5.69 Å². The average Bonchev–Trinajstić information content (AvgIpc) is 2.76. The predicted octanol–water partition coefficient (Wildman–Crippen LogP) is 3.65. The van der Waals surface area contributed by atoms with Crippen molar-refractivity contribution in [3.8, 4) is 0 Å². The Balaban J connectivity index is 1.58. The number of halogens is 1. The predicted molar refractivity (Wildman–Crippen MR) is 125 cm³/mol. The number of nitrogens with one attached hydrogen (secondary N) is 2. The summed E-state index contributed by atoms with van der Waals surface area (Å²) in [4.78, 5) is 24.7. The van der Waals surface area contributed by atoms with E-state index in [0.29, 0.717) is 30.1 Å². The maximum Gasteiger partial charge on any atom is 0.313 e. The van der Waals surface area contributed by atoms with E-state index in [9.17, 15) is 18.0 Å². The largest absolute Gasteiger partial charge is 0.348 e. The van der Waals surface area contributed by atoms with Crippen molar-refractivity contribution in [1.82, 2.24) is 9.62 Å². The van der Waals surface area contributed by atoms with Crippen molar-refractivity contribution in [2.24, 2.45) is 0 Å². The zero-order valence-electron chi connectivity index (χ0n) is 18.2. The molecule has 1 fully saturated rings. The molecule has 7 nitrogen and oxygen atoms in total. The summed E-state index contributed by atoms with van der Waals surface area (Å²) in [5.74, 6) is -1.49. The van der Waals surface area contributed by atoms with Crippen LogP contribution in [0.1, 0.15) is 36.8 Å². The first-order chi connectivity index (χ1) is 15.2. The van der Waals surface area contributed by atoms with Crippen LogP contribution < -0.4 is 10.6 Å². The van der Waals surface area contributed by atoms with Crippen LogP contribution in [0.5, 0.6) is 0 Å². The quantitative estimate of drug-likeness (QED) is 0.621. The second kappa shape index (κ2) is 10.5. The fourth-order valence-corrected chi connectivity index (χ4v) is 5.74. The SMILES string of the molecule is Cc1ccc(NC(=O)C(=O)NCC[C@H]2CCCCN2S(=O)(=O)c2ccc(Cl)cc2)c(C)c1. The van der Waals surface area contributed by atoms with Gasteiger partial charge in [-0.25, -0.2) is 8.42 Å². The summed E-state index contributed by atoms with van der Waals surface area (Å²) in [5, 5.41) is 5.70. The Bertz CT molecular complexity index is 1090. The summed E-state index contributed by atoms with van der Waals surface area (Å²) >= 11 is 5.89. The molecular formula is C23H28ClN3O4S. The summed E-state index contributed by atoms with van der Waals surface area (Å²) in [6.07, 6.45) is 2.83. The number of carbonyl (C=O) groups is 2. The third kappa shape index (κ3) is 5.88. The lowest BCUT2D eigenvalue weighted by Gasteiger charge is -2.34. The van der Waals surface area contributed by atoms with Crippen LogP contribution >= 0.6 is 11.6 Å². The topological polar surface area (TPSA) is 95.6 Å². The molecule has 0 spiro atoms. The lowest BCUT2D eigenvalue weighted by molar-refractivity contribution is -0.136. The molecule has 0 bridgehead atoms. The maximum atomic E-state index is 13.1. The van der Waals surface area contributed by atoms with Gasteiger partial charge < -0.3 is 10.6 Å². The third-order valence-electron chi connectivity index (χ3n) is 5.59. The van der Waals surface area contributed by atoms with Gasteiger partial charge in [0.15, 0.2) is 0 Å². The minimum Gasteiger partial charge on any atom is -0.348 e. The van der Waals surface area contributed by atoms with Crippen molar-refractivity contribution in [3.05, 3.63) is 58.6 Å². The molecule has 172 valence electrons. The number of carbonyl (C=O) groups excluding carboxylic acids is 2. The Hall–Kier alpha value is -2.42. The van der Waals surface area contributed by atoms with Gasteiger partial charge in [-0.3, -0.25) is 9.59 Å². The third-order valence-corrected chi connectivity index (χ3v) is 7.81. The second-order valence-electron chi connectivity index (χ2n) is 8.04. The Morgan fingerprint density at radius 3 is 2.47 bits per heavy atom. The molecule has 1 heterocycles. The van der Waals surface area contributed by atoms with Crippen molar-refractivity contribution in [3.63, 3.8) is 0 Å². The fraction of sp³-hybridized carbons (Fsp3) is 0.391. The first-order valence-electron chi connectivity index (χ1n) is 10.6. The van der Waals surface area contributed by atoms with Gasteiger partial charge in [0.1, 0.15) is 0 Å². The lowest BCUT2D eigenvalue weighted by Crippen LogP contribution is -2.45. The van der Waals surface area contributed by atoms with Gasteiger partial charge in [-0.1, -0.05) is 35.7 Å². The van der Waals surface area contributed by atoms with E-state index in [0.717, 1.165) is 24.0 Å². The average molecular weight is 478 g/mol. The van der Waals surface area contributed by atoms with Crippen molar-refractivity contribution in [1.29, 1.82) is 0 Å². The van der Waals surface area contributed by atoms with Crippen LogP contribution in [0.3, 0.4) is 0 Å². The van der Waals surface area contributed by atoms with Crippen LogP contribution in [0.15, 0.2) is 47.4 Å². The number of piperidine rings is 1. The van der Waals surface area contributed by atoms with Gasteiger partial charge in [-0.2, -0.15) is 4.31 Å². The summed E-state index contributed by atoms with van der Waals surface area (Å²) < 4.78 is 27.7. The number of hydrogen-bond donors (Lipinski definition) is 2. The molecule has 1 saturated heterocycles. The van der Waals surface area contributed by atoms with Gasteiger partial charge in [0.2, 0.25) is 10.0 Å². The molecule has 1 atom stereocenters. The van der Waals surface area contributed by atoms with E-state index in [1.54, 1.807) is 18.2 Å². The van der Waals surface area contributed by atoms with Gasteiger partial charge in [0.05, 0.1) is 4.90 Å². The number of benzene rings is 2. The van der Waals surface area contributed by atoms with Gasteiger partial charge >= 0.3 is 11.8 Å². The molecule has 32 heavy (non-hydrogen) atoms. The lowest BCUT2D eigenvalue weighted by atomic mass is 10.0. The molecule has 0 aliphatic carbocycles. The van der Waals surface area contributed by atoms with Crippen molar-refractivity contribution in [2.75, 3.05) is 18.4 Å². The van der Waals surface area contributed by atoms with E-state index < -0.39 is 21.8 Å². The van der Waals surface area contributed by atoms with Gasteiger partial charge in [-0.05, 0) is 69.0 Å². The van der Waals surface area contributed by atoms with Crippen molar-refractivity contribution < 1.29 is 18.0 Å². The Morgan fingerprint density at radius 2 is 1.78 bits per heavy atom. The van der Waals surface area contributed by atoms with E-state index in [1.165, 1.54) is 16.4 Å². The minimum atomic E-state index is -3.66. The van der Waals surface area contributed by atoms with E-state index in [2.05, 4.69) is 10.6 Å². The molecule has 2 aromatic rings. The van der Waals surface area contributed by atoms with E-state index in [1.807, 2.05) is 26.0 Å². The summed E-state index contributed by atoms with van der Waals surface area (Å²) in [5.41, 5.74) is 2.52. The number of rotatable bonds is 6. The van der Waals surface area contributed by atoms with Gasteiger partial charge in [0.25, 0.3) is 0 Å². The first-order valence-corrected chi connectivity index (χ1v) is 12.4. The number of amides is 2. The fourth-order valence-electron chi connectivity index (χ4n) is 3.89. The molecule has 0 unspecified atom stereocenters. The van der Waals surface area contributed by atoms with E-state index >= 15 is 0 Å². The molecule has 0 saturated carbocycles. The van der Waals surface area contributed by atoms with Gasteiger partial charge in [-0.15, -0.1) is 0 Å². The van der Waals surface area contributed by atoms with Crippen LogP contribution in [-0.4, -0.2) is 43.7 Å². The van der Waals surface area contributed by atoms with E-state index in [-0.39, 0.29) is 17.5 Å². The smallest absolute Gasteiger partial charge is 0.313 e. The summed E-state index contributed by atoms with van der Waals surface area (Å²) in [7, 11) is -3.66.